The van der Waals surface area contributed by atoms with E-state index in [1.807, 2.05) is 4.57 Å². The van der Waals surface area contributed by atoms with Crippen molar-refractivity contribution in [3.8, 4) is 0 Å². The smallest absolute Gasteiger partial charge is 0.271 e. The number of hydrogen-bond donors (Lipinski definition) is 0. The fraction of sp³-hybridized carbons (Fsp3) is 0.189. The highest BCUT2D eigenvalue weighted by Crippen LogP contribution is 2.42. The Hall–Kier alpha value is -4.48. The molecule has 42 heavy (non-hydrogen) atoms. The van der Waals surface area contributed by atoms with Crippen LogP contribution in [0.1, 0.15) is 54.5 Å². The van der Waals surface area contributed by atoms with Gasteiger partial charge in [-0.2, -0.15) is 0 Å². The Morgan fingerprint density at radius 3 is 2.60 bits per heavy atom. The van der Waals surface area contributed by atoms with Crippen LogP contribution in [0.25, 0.3) is 33.4 Å². The van der Waals surface area contributed by atoms with Crippen LogP contribution in [0.3, 0.4) is 0 Å². The summed E-state index contributed by atoms with van der Waals surface area (Å²) in [4.78, 5) is 20.4. The second-order valence-electron chi connectivity index (χ2n) is 11.3. The number of rotatable bonds is 5. The highest BCUT2D eigenvalue weighted by molar-refractivity contribution is 7.07. The highest BCUT2D eigenvalue weighted by Gasteiger charge is 2.33. The Morgan fingerprint density at radius 2 is 1.69 bits per heavy atom. The third-order valence-corrected chi connectivity index (χ3v) is 9.83. The van der Waals surface area contributed by atoms with Crippen molar-refractivity contribution in [2.24, 2.45) is 4.99 Å². The molecule has 0 fully saturated rings. The van der Waals surface area contributed by atoms with Gasteiger partial charge in [0.1, 0.15) is 0 Å². The molecule has 1 aliphatic heterocycles. The summed E-state index contributed by atoms with van der Waals surface area (Å²) in [6.07, 6.45) is 8.40. The second kappa shape index (κ2) is 10.1. The second-order valence-corrected chi connectivity index (χ2v) is 12.3. The molecule has 0 saturated heterocycles. The van der Waals surface area contributed by atoms with Crippen LogP contribution in [0.4, 0.5) is 0 Å². The van der Waals surface area contributed by atoms with Gasteiger partial charge in [-0.15, -0.1) is 0 Å². The molecule has 0 amide bonds. The minimum absolute atomic E-state index is 0.0347. The molecule has 0 unspecified atom stereocenters. The fourth-order valence-corrected chi connectivity index (χ4v) is 7.82. The van der Waals surface area contributed by atoms with Crippen molar-refractivity contribution in [1.82, 2.24) is 9.13 Å². The van der Waals surface area contributed by atoms with E-state index in [2.05, 4.69) is 115 Å². The largest absolute Gasteiger partial charge is 0.347 e. The van der Waals surface area contributed by atoms with Crippen molar-refractivity contribution in [3.63, 3.8) is 0 Å². The van der Waals surface area contributed by atoms with E-state index in [1.54, 1.807) is 0 Å². The van der Waals surface area contributed by atoms with Crippen LogP contribution in [0, 0.1) is 0 Å². The Kier molecular flexibility index (Phi) is 6.08. The van der Waals surface area contributed by atoms with Gasteiger partial charge in [-0.1, -0.05) is 110 Å². The van der Waals surface area contributed by atoms with Crippen molar-refractivity contribution < 1.29 is 0 Å². The Balaban J connectivity index is 1.39. The van der Waals surface area contributed by atoms with Crippen LogP contribution in [0.5, 0.6) is 0 Å². The van der Waals surface area contributed by atoms with Crippen molar-refractivity contribution in [2.75, 3.05) is 0 Å². The molecular formula is C37H31N3OS. The predicted molar refractivity (Wildman–Crippen MR) is 174 cm³/mol. The van der Waals surface area contributed by atoms with E-state index in [-0.39, 0.29) is 11.6 Å². The number of para-hydroxylation sites is 1. The normalized spacial score (nSPS) is 16.4. The minimum Gasteiger partial charge on any atom is -0.347 e. The summed E-state index contributed by atoms with van der Waals surface area (Å²) in [7, 11) is 0. The van der Waals surface area contributed by atoms with E-state index < -0.39 is 0 Å². The van der Waals surface area contributed by atoms with E-state index in [9.17, 15) is 4.79 Å². The maximum absolute atomic E-state index is 14.4. The minimum atomic E-state index is -0.191. The molecule has 8 rings (SSSR count). The van der Waals surface area contributed by atoms with Crippen LogP contribution in [-0.4, -0.2) is 9.13 Å². The summed E-state index contributed by atoms with van der Waals surface area (Å²) in [6.45, 7) is 3.19. The maximum atomic E-state index is 14.4. The molecular weight excluding hydrogens is 534 g/mol. The standard InChI is InChI=1S/C37H31N3OS/c1-2-3-21-39-23-26(28-15-8-9-18-32(28)39)22-33-36(41)40-35(30-17-10-13-24-11-4-6-14-27(24)30)31-20-19-25-12-5-7-16-29(25)34(31)38-37(40)42-33/h4-18,22-23,35H,2-3,19-21H2,1H3/b33-22-/t35-/m1/s1. The molecule has 0 spiro atoms. The number of allylic oxidation sites excluding steroid dienone is 1. The molecule has 4 aromatic carbocycles. The summed E-state index contributed by atoms with van der Waals surface area (Å²) < 4.78 is 5.03. The number of unbranched alkanes of at least 4 members (excludes halogenated alkanes) is 1. The molecule has 0 N–H and O–H groups in total. The number of aryl methyl sites for hydroxylation is 2. The van der Waals surface area contributed by atoms with Gasteiger partial charge in [0.2, 0.25) is 0 Å². The zero-order valence-corrected chi connectivity index (χ0v) is 24.4. The average Bonchev–Trinajstić information content (AvgIpc) is 3.55. The molecule has 4 nitrogen and oxygen atoms in total. The highest BCUT2D eigenvalue weighted by atomic mass is 32.1. The van der Waals surface area contributed by atoms with Crippen molar-refractivity contribution in [2.45, 2.75) is 45.2 Å². The van der Waals surface area contributed by atoms with Crippen molar-refractivity contribution >= 4 is 44.8 Å². The summed E-state index contributed by atoms with van der Waals surface area (Å²) in [5.74, 6) is 0. The molecule has 5 heteroatoms. The Labute approximate surface area is 248 Å². The van der Waals surface area contributed by atoms with E-state index >= 15 is 0 Å². The molecule has 6 aromatic rings. The van der Waals surface area contributed by atoms with Crippen LogP contribution < -0.4 is 14.9 Å². The first-order chi connectivity index (χ1) is 20.7. The zero-order valence-electron chi connectivity index (χ0n) is 23.6. The molecule has 2 aromatic heterocycles. The van der Waals surface area contributed by atoms with Gasteiger partial charge in [0, 0.05) is 34.8 Å². The quantitative estimate of drug-likeness (QED) is 0.217. The lowest BCUT2D eigenvalue weighted by Gasteiger charge is -2.31. The zero-order chi connectivity index (χ0) is 28.2. The van der Waals surface area contributed by atoms with Crippen molar-refractivity contribution in [1.29, 1.82) is 0 Å². The molecule has 3 heterocycles. The number of aromatic nitrogens is 2. The van der Waals surface area contributed by atoms with E-state index in [4.69, 9.17) is 4.99 Å². The summed E-state index contributed by atoms with van der Waals surface area (Å²) in [5, 5.41) is 3.55. The number of benzene rings is 4. The number of thiazole rings is 1. The van der Waals surface area contributed by atoms with Crippen LogP contribution in [0.15, 0.2) is 113 Å². The van der Waals surface area contributed by atoms with Gasteiger partial charge in [0.15, 0.2) is 4.80 Å². The number of hydrogen-bond acceptors (Lipinski definition) is 3. The first-order valence-corrected chi connectivity index (χ1v) is 15.7. The monoisotopic (exact) mass is 565 g/mol. The lowest BCUT2D eigenvalue weighted by Crippen LogP contribution is -2.38. The van der Waals surface area contributed by atoms with Gasteiger partial charge in [-0.25, -0.2) is 4.99 Å². The van der Waals surface area contributed by atoms with Crippen LogP contribution in [0.2, 0.25) is 0 Å². The predicted octanol–water partition coefficient (Wildman–Crippen LogP) is 7.23. The van der Waals surface area contributed by atoms with Gasteiger partial charge in [0.05, 0.1) is 16.3 Å². The molecule has 0 radical (unpaired) electrons. The van der Waals surface area contributed by atoms with Gasteiger partial charge in [-0.3, -0.25) is 9.36 Å². The van der Waals surface area contributed by atoms with E-state index in [0.29, 0.717) is 0 Å². The summed E-state index contributed by atoms with van der Waals surface area (Å²) in [6, 6.07) is 31.9. The lowest BCUT2D eigenvalue weighted by atomic mass is 9.82. The first kappa shape index (κ1) is 25.2. The number of fused-ring (bicyclic) bond motifs is 5. The molecule has 0 bridgehead atoms. The molecule has 1 aliphatic carbocycles. The fourth-order valence-electron chi connectivity index (χ4n) is 6.83. The van der Waals surface area contributed by atoms with Gasteiger partial charge in [0.25, 0.3) is 5.56 Å². The summed E-state index contributed by atoms with van der Waals surface area (Å²) in [5.41, 5.74) is 8.30. The maximum Gasteiger partial charge on any atom is 0.271 e. The van der Waals surface area contributed by atoms with Gasteiger partial charge < -0.3 is 4.57 Å². The third-order valence-electron chi connectivity index (χ3n) is 8.85. The topological polar surface area (TPSA) is 39.3 Å². The van der Waals surface area contributed by atoms with Crippen molar-refractivity contribution in [3.05, 3.63) is 145 Å². The molecule has 206 valence electrons. The molecule has 1 atom stereocenters. The van der Waals surface area contributed by atoms with E-state index in [0.717, 1.165) is 52.8 Å². The Bertz CT molecular complexity index is 2220. The van der Waals surface area contributed by atoms with E-state index in [1.165, 1.54) is 55.3 Å². The summed E-state index contributed by atoms with van der Waals surface area (Å²) >= 11 is 1.51. The average molecular weight is 566 g/mol. The van der Waals surface area contributed by atoms with Gasteiger partial charge >= 0.3 is 0 Å². The number of nitrogens with zero attached hydrogens (tertiary/aromatic N) is 3. The van der Waals surface area contributed by atoms with Gasteiger partial charge in [-0.05, 0) is 58.9 Å². The SMILES string of the molecule is CCCCn1cc(/C=c2\sc3n(c2=O)[C@H](c2cccc4ccccc24)C2=C(N=3)c3ccccc3CC2)c2ccccc21. The molecule has 0 saturated carbocycles. The van der Waals surface area contributed by atoms with Crippen LogP contribution in [-0.2, 0) is 13.0 Å². The Morgan fingerprint density at radius 1 is 0.905 bits per heavy atom. The first-order valence-electron chi connectivity index (χ1n) is 14.9. The molecule has 2 aliphatic rings. The third kappa shape index (κ3) is 3.95. The lowest BCUT2D eigenvalue weighted by molar-refractivity contribution is 0.588. The van der Waals surface area contributed by atoms with Crippen LogP contribution >= 0.6 is 11.3 Å².